The van der Waals surface area contributed by atoms with E-state index in [0.717, 1.165) is 41.8 Å². The molecule has 11 heteroatoms. The number of nitrogens with zero attached hydrogens (tertiary/aromatic N) is 3. The number of aromatic nitrogens is 3. The van der Waals surface area contributed by atoms with E-state index in [2.05, 4.69) is 15.3 Å². The van der Waals surface area contributed by atoms with Gasteiger partial charge in [0.15, 0.2) is 21.9 Å². The molecule has 4 aromatic rings. The highest BCUT2D eigenvalue weighted by Crippen LogP contribution is 2.35. The van der Waals surface area contributed by atoms with Crippen LogP contribution in [0.1, 0.15) is 16.9 Å². The number of nitrogens with one attached hydrogen (secondary N) is 1. The first kappa shape index (κ1) is 21.2. The number of halogens is 2. The Morgan fingerprint density at radius 1 is 1.25 bits per heavy atom. The summed E-state index contributed by atoms with van der Waals surface area (Å²) < 4.78 is 28.1. The summed E-state index contributed by atoms with van der Waals surface area (Å²) in [5.74, 6) is -2.13. The molecule has 3 aromatic heterocycles. The fourth-order valence-corrected chi connectivity index (χ4v) is 6.45. The molecule has 0 unspecified atom stereocenters. The fraction of sp³-hybridized carbons (Fsp3) is 0.238. The monoisotopic (exact) mass is 490 g/mol. The largest absolute Gasteiger partial charge is 0.301 e. The second-order valence-electron chi connectivity index (χ2n) is 7.30. The minimum atomic E-state index is -0.955. The molecule has 32 heavy (non-hydrogen) atoms. The van der Waals surface area contributed by atoms with Crippen molar-refractivity contribution in [2.45, 2.75) is 24.4 Å². The SMILES string of the molecule is Cn1c(SCC(=O)Nc2nc(-c3ccc(F)c(F)c3)cs2)nc2sc3c(c2c1=O)CCC3. The van der Waals surface area contributed by atoms with E-state index in [4.69, 9.17) is 0 Å². The van der Waals surface area contributed by atoms with Gasteiger partial charge in [0.25, 0.3) is 5.56 Å². The Bertz CT molecular complexity index is 1430. The number of anilines is 1. The van der Waals surface area contributed by atoms with Gasteiger partial charge in [-0.25, -0.2) is 18.7 Å². The highest BCUT2D eigenvalue weighted by atomic mass is 32.2. The van der Waals surface area contributed by atoms with Crippen LogP contribution in [0.3, 0.4) is 0 Å². The summed E-state index contributed by atoms with van der Waals surface area (Å²) in [4.78, 5) is 36.1. The maximum Gasteiger partial charge on any atom is 0.262 e. The summed E-state index contributed by atoms with van der Waals surface area (Å²) in [5, 5.41) is 5.90. The summed E-state index contributed by atoms with van der Waals surface area (Å²) in [6.07, 6.45) is 2.98. The molecule has 0 saturated carbocycles. The van der Waals surface area contributed by atoms with Crippen molar-refractivity contribution in [2.24, 2.45) is 7.05 Å². The topological polar surface area (TPSA) is 76.9 Å². The molecule has 1 amide bonds. The predicted molar refractivity (Wildman–Crippen MR) is 124 cm³/mol. The van der Waals surface area contributed by atoms with E-state index >= 15 is 0 Å². The normalized spacial score (nSPS) is 13.0. The van der Waals surface area contributed by atoms with Crippen LogP contribution >= 0.6 is 34.4 Å². The second kappa shape index (κ2) is 8.38. The molecule has 1 aliphatic carbocycles. The maximum absolute atomic E-state index is 13.4. The van der Waals surface area contributed by atoms with Crippen LogP contribution < -0.4 is 10.9 Å². The quantitative estimate of drug-likeness (QED) is 0.326. The van der Waals surface area contributed by atoms with Crippen molar-refractivity contribution in [3.8, 4) is 11.3 Å². The molecule has 1 aliphatic rings. The lowest BCUT2D eigenvalue weighted by Gasteiger charge is -2.07. The zero-order valence-electron chi connectivity index (χ0n) is 16.8. The van der Waals surface area contributed by atoms with Crippen LogP contribution in [-0.2, 0) is 24.7 Å². The number of carbonyl (C=O) groups excluding carboxylic acids is 1. The van der Waals surface area contributed by atoms with Gasteiger partial charge in [0.2, 0.25) is 5.91 Å². The molecule has 0 spiro atoms. The van der Waals surface area contributed by atoms with E-state index in [1.165, 1.54) is 38.6 Å². The van der Waals surface area contributed by atoms with E-state index in [0.29, 0.717) is 26.9 Å². The summed E-state index contributed by atoms with van der Waals surface area (Å²) in [7, 11) is 1.67. The number of hydrogen-bond donors (Lipinski definition) is 1. The number of thiophene rings is 1. The lowest BCUT2D eigenvalue weighted by atomic mass is 10.2. The van der Waals surface area contributed by atoms with Crippen LogP contribution in [0.25, 0.3) is 21.5 Å². The Morgan fingerprint density at radius 2 is 2.09 bits per heavy atom. The lowest BCUT2D eigenvalue weighted by Crippen LogP contribution is -2.21. The zero-order chi connectivity index (χ0) is 22.4. The van der Waals surface area contributed by atoms with Gasteiger partial charge < -0.3 is 5.32 Å². The van der Waals surface area contributed by atoms with Crippen molar-refractivity contribution in [3.63, 3.8) is 0 Å². The predicted octanol–water partition coefficient (Wildman–Crippen LogP) is 4.62. The molecule has 0 radical (unpaired) electrons. The van der Waals surface area contributed by atoms with E-state index in [1.54, 1.807) is 23.8 Å². The van der Waals surface area contributed by atoms with Gasteiger partial charge in [-0.15, -0.1) is 22.7 Å². The Morgan fingerprint density at radius 3 is 2.91 bits per heavy atom. The van der Waals surface area contributed by atoms with Crippen LogP contribution in [0, 0.1) is 11.6 Å². The van der Waals surface area contributed by atoms with Gasteiger partial charge >= 0.3 is 0 Å². The molecule has 1 N–H and O–H groups in total. The lowest BCUT2D eigenvalue weighted by molar-refractivity contribution is -0.113. The highest BCUT2D eigenvalue weighted by molar-refractivity contribution is 7.99. The van der Waals surface area contributed by atoms with Crippen LogP contribution in [0.15, 0.2) is 33.5 Å². The molecule has 0 aliphatic heterocycles. The van der Waals surface area contributed by atoms with Crippen LogP contribution in [0.2, 0.25) is 0 Å². The Balaban J connectivity index is 1.28. The zero-order valence-corrected chi connectivity index (χ0v) is 19.2. The molecule has 0 fully saturated rings. The Kier molecular flexibility index (Phi) is 5.56. The second-order valence-corrected chi connectivity index (χ2v) is 10.2. The molecule has 1 aromatic carbocycles. The van der Waals surface area contributed by atoms with Crippen LogP contribution in [0.4, 0.5) is 13.9 Å². The third-order valence-electron chi connectivity index (χ3n) is 5.20. The van der Waals surface area contributed by atoms with E-state index in [-0.39, 0.29) is 17.2 Å². The van der Waals surface area contributed by atoms with Gasteiger partial charge in [-0.1, -0.05) is 11.8 Å². The number of fused-ring (bicyclic) bond motifs is 3. The van der Waals surface area contributed by atoms with Gasteiger partial charge in [-0.05, 0) is 43.0 Å². The summed E-state index contributed by atoms with van der Waals surface area (Å²) in [6, 6.07) is 3.53. The van der Waals surface area contributed by atoms with Crippen molar-refractivity contribution in [3.05, 3.63) is 56.0 Å². The first-order chi connectivity index (χ1) is 15.4. The minimum Gasteiger partial charge on any atom is -0.301 e. The molecule has 0 saturated heterocycles. The fourth-order valence-electron chi connectivity index (χ4n) is 3.64. The first-order valence-electron chi connectivity index (χ1n) is 9.75. The van der Waals surface area contributed by atoms with Crippen molar-refractivity contribution in [1.29, 1.82) is 0 Å². The maximum atomic E-state index is 13.4. The van der Waals surface area contributed by atoms with Gasteiger partial charge in [0, 0.05) is 22.9 Å². The third kappa shape index (κ3) is 3.84. The van der Waals surface area contributed by atoms with Gasteiger partial charge in [-0.3, -0.25) is 14.2 Å². The number of benzene rings is 1. The van der Waals surface area contributed by atoms with Crippen molar-refractivity contribution >= 4 is 55.7 Å². The number of thiazole rings is 1. The molecule has 0 bridgehead atoms. The number of amides is 1. The number of thioether (sulfide) groups is 1. The van der Waals surface area contributed by atoms with Crippen molar-refractivity contribution in [2.75, 3.05) is 11.1 Å². The molecule has 3 heterocycles. The number of rotatable bonds is 5. The molecular weight excluding hydrogens is 474 g/mol. The summed E-state index contributed by atoms with van der Waals surface area (Å²) >= 11 is 3.94. The average molecular weight is 491 g/mol. The average Bonchev–Trinajstić information content (AvgIpc) is 3.48. The molecule has 0 atom stereocenters. The van der Waals surface area contributed by atoms with Crippen LogP contribution in [-0.4, -0.2) is 26.2 Å². The first-order valence-corrected chi connectivity index (χ1v) is 12.4. The molecular formula is C21H16F2N4O2S3. The summed E-state index contributed by atoms with van der Waals surface area (Å²) in [5.41, 5.74) is 1.92. The van der Waals surface area contributed by atoms with Gasteiger partial charge in [0.1, 0.15) is 4.83 Å². The smallest absolute Gasteiger partial charge is 0.262 e. The van der Waals surface area contributed by atoms with Gasteiger partial charge in [-0.2, -0.15) is 0 Å². The number of hydrogen-bond acceptors (Lipinski definition) is 7. The van der Waals surface area contributed by atoms with E-state index in [9.17, 15) is 18.4 Å². The standard InChI is InChI=1S/C21H16F2N4O2S3/c1-27-19(29)17-11-3-2-4-15(11)32-18(17)26-21(27)31-9-16(28)25-20-24-14(8-30-20)10-5-6-12(22)13(23)7-10/h5-8H,2-4,9H2,1H3,(H,24,25,28). The van der Waals surface area contributed by atoms with E-state index in [1.807, 2.05) is 0 Å². The molecule has 5 rings (SSSR count). The highest BCUT2D eigenvalue weighted by Gasteiger charge is 2.22. The summed E-state index contributed by atoms with van der Waals surface area (Å²) in [6.45, 7) is 0. The molecule has 164 valence electrons. The third-order valence-corrected chi connectivity index (χ3v) is 8.18. The van der Waals surface area contributed by atoms with Crippen molar-refractivity contribution in [1.82, 2.24) is 14.5 Å². The van der Waals surface area contributed by atoms with Crippen LogP contribution in [0.5, 0.6) is 0 Å². The van der Waals surface area contributed by atoms with Crippen molar-refractivity contribution < 1.29 is 13.6 Å². The van der Waals surface area contributed by atoms with E-state index < -0.39 is 11.6 Å². The minimum absolute atomic E-state index is 0.0525. The molecule has 6 nitrogen and oxygen atoms in total. The number of aryl methyl sites for hydroxylation is 2. The number of carbonyl (C=O) groups is 1. The Hall–Kier alpha value is -2.63. The van der Waals surface area contributed by atoms with Gasteiger partial charge in [0.05, 0.1) is 16.8 Å². The Labute approximate surface area is 193 Å².